The molecule has 1 atom stereocenters. The molecule has 0 aliphatic heterocycles. The van der Waals surface area contributed by atoms with E-state index < -0.39 is 16.9 Å². The average Bonchev–Trinajstić information content (AvgIpc) is 2.84. The van der Waals surface area contributed by atoms with Crippen LogP contribution in [0, 0.1) is 15.5 Å². The lowest BCUT2D eigenvalue weighted by molar-refractivity contribution is -0.389. The van der Waals surface area contributed by atoms with Crippen molar-refractivity contribution in [1.29, 1.82) is 0 Å². The number of nitrogens with one attached hydrogen (secondary N) is 1. The maximum Gasteiger partial charge on any atom is 0.372 e. The van der Waals surface area contributed by atoms with Crippen LogP contribution in [-0.4, -0.2) is 31.4 Å². The summed E-state index contributed by atoms with van der Waals surface area (Å²) in [5.74, 6) is -1.04. The Kier molecular flexibility index (Phi) is 3.86. The number of aliphatic carboxylic acids is 1. The van der Waals surface area contributed by atoms with Gasteiger partial charge in [-0.3, -0.25) is 4.79 Å². The average molecular weight is 312 g/mol. The standard InChI is InChI=1S/C12H16N4O4S/c1-12(2,3)7(6-8(17)18)13-9-10(16(19)20)15-4-5-21-11(15)14-9/h4-5,7,13H,6H2,1-3H3,(H,17,18). The molecule has 0 saturated heterocycles. The van der Waals surface area contributed by atoms with Gasteiger partial charge in [0.25, 0.3) is 4.96 Å². The molecular formula is C12H16N4O4S. The van der Waals surface area contributed by atoms with Crippen LogP contribution in [0.3, 0.4) is 0 Å². The van der Waals surface area contributed by atoms with Crippen molar-refractivity contribution in [2.75, 3.05) is 5.32 Å². The summed E-state index contributed by atoms with van der Waals surface area (Å²) in [4.78, 5) is 26.4. The second-order valence-corrected chi connectivity index (χ2v) is 6.63. The van der Waals surface area contributed by atoms with E-state index in [1.54, 1.807) is 11.6 Å². The molecule has 2 N–H and O–H groups in total. The van der Waals surface area contributed by atoms with Crippen molar-refractivity contribution in [1.82, 2.24) is 9.38 Å². The highest BCUT2D eigenvalue weighted by Crippen LogP contribution is 2.32. The van der Waals surface area contributed by atoms with Gasteiger partial charge in [-0.05, 0) is 10.3 Å². The van der Waals surface area contributed by atoms with Crippen molar-refractivity contribution in [2.24, 2.45) is 5.41 Å². The highest BCUT2D eigenvalue weighted by Gasteiger charge is 2.31. The van der Waals surface area contributed by atoms with Gasteiger partial charge in [-0.15, -0.1) is 0 Å². The molecule has 2 aromatic heterocycles. The van der Waals surface area contributed by atoms with Crippen LogP contribution in [0.15, 0.2) is 11.6 Å². The summed E-state index contributed by atoms with van der Waals surface area (Å²) in [5.41, 5.74) is -0.386. The quantitative estimate of drug-likeness (QED) is 0.648. The lowest BCUT2D eigenvalue weighted by Crippen LogP contribution is -2.36. The molecule has 2 rings (SSSR count). The molecule has 0 bridgehead atoms. The van der Waals surface area contributed by atoms with E-state index in [1.165, 1.54) is 15.7 Å². The minimum absolute atomic E-state index is 0.105. The fraction of sp³-hybridized carbons (Fsp3) is 0.500. The fourth-order valence-electron chi connectivity index (χ4n) is 1.96. The van der Waals surface area contributed by atoms with Gasteiger partial charge in [0.15, 0.2) is 0 Å². The number of carbonyl (C=O) groups is 1. The molecule has 1 unspecified atom stereocenters. The first kappa shape index (κ1) is 15.2. The molecule has 0 spiro atoms. The number of hydrogen-bond donors (Lipinski definition) is 2. The van der Waals surface area contributed by atoms with Crippen molar-refractivity contribution >= 4 is 33.9 Å². The Hall–Kier alpha value is -2.16. The molecule has 2 aromatic rings. The number of fused-ring (bicyclic) bond motifs is 1. The van der Waals surface area contributed by atoms with Gasteiger partial charge in [0, 0.05) is 11.4 Å². The first-order chi connectivity index (χ1) is 9.70. The van der Waals surface area contributed by atoms with Crippen LogP contribution in [0.5, 0.6) is 0 Å². The van der Waals surface area contributed by atoms with Crippen molar-refractivity contribution in [3.8, 4) is 0 Å². The first-order valence-corrected chi connectivity index (χ1v) is 7.16. The monoisotopic (exact) mass is 312 g/mol. The van der Waals surface area contributed by atoms with Crippen molar-refractivity contribution in [3.05, 3.63) is 21.7 Å². The number of carboxylic acids is 1. The van der Waals surface area contributed by atoms with E-state index in [9.17, 15) is 14.9 Å². The lowest BCUT2D eigenvalue weighted by Gasteiger charge is -2.30. The van der Waals surface area contributed by atoms with Gasteiger partial charge in [-0.25, -0.2) is 0 Å². The number of aromatic nitrogens is 2. The number of nitrogens with zero attached hydrogens (tertiary/aromatic N) is 3. The molecule has 0 aliphatic carbocycles. The van der Waals surface area contributed by atoms with Crippen LogP contribution in [0.4, 0.5) is 11.6 Å². The summed E-state index contributed by atoms with van der Waals surface area (Å²) in [5, 5.41) is 24.9. The Morgan fingerprint density at radius 1 is 1.62 bits per heavy atom. The Balaban J connectivity index is 2.40. The predicted molar refractivity (Wildman–Crippen MR) is 78.8 cm³/mol. The van der Waals surface area contributed by atoms with E-state index in [-0.39, 0.29) is 23.5 Å². The van der Waals surface area contributed by atoms with Crippen molar-refractivity contribution < 1.29 is 14.8 Å². The van der Waals surface area contributed by atoms with E-state index in [1.807, 2.05) is 20.8 Å². The van der Waals surface area contributed by atoms with Gasteiger partial charge in [0.05, 0.1) is 6.42 Å². The van der Waals surface area contributed by atoms with Gasteiger partial charge in [-0.2, -0.15) is 9.38 Å². The number of imidazole rings is 1. The highest BCUT2D eigenvalue weighted by atomic mass is 32.1. The maximum absolute atomic E-state index is 11.2. The molecule has 0 radical (unpaired) electrons. The zero-order valence-electron chi connectivity index (χ0n) is 11.9. The Morgan fingerprint density at radius 2 is 2.29 bits per heavy atom. The first-order valence-electron chi connectivity index (χ1n) is 6.28. The SMILES string of the molecule is CC(C)(C)C(CC(=O)O)Nc1nc2sccn2c1[N+](=O)[O-]. The zero-order chi connectivity index (χ0) is 15.8. The molecule has 0 aromatic carbocycles. The van der Waals surface area contributed by atoms with E-state index in [2.05, 4.69) is 10.3 Å². The van der Waals surface area contributed by atoms with E-state index in [0.717, 1.165) is 0 Å². The van der Waals surface area contributed by atoms with Crippen LogP contribution in [-0.2, 0) is 4.79 Å². The van der Waals surface area contributed by atoms with E-state index in [0.29, 0.717) is 4.96 Å². The second-order valence-electron chi connectivity index (χ2n) is 5.76. The summed E-state index contributed by atoms with van der Waals surface area (Å²) >= 11 is 1.28. The van der Waals surface area contributed by atoms with Gasteiger partial charge in [0.2, 0.25) is 5.82 Å². The minimum atomic E-state index is -0.967. The van der Waals surface area contributed by atoms with Gasteiger partial charge in [-0.1, -0.05) is 32.1 Å². The summed E-state index contributed by atoms with van der Waals surface area (Å²) in [6.45, 7) is 5.62. The largest absolute Gasteiger partial charge is 0.481 e. The molecule has 2 heterocycles. The summed E-state index contributed by atoms with van der Waals surface area (Å²) in [6.07, 6.45) is 1.42. The summed E-state index contributed by atoms with van der Waals surface area (Å²) in [7, 11) is 0. The lowest BCUT2D eigenvalue weighted by atomic mass is 9.85. The van der Waals surface area contributed by atoms with Crippen LogP contribution >= 0.6 is 11.3 Å². The Bertz CT molecular complexity index is 685. The molecule has 114 valence electrons. The number of nitro groups is 1. The third-order valence-corrected chi connectivity index (χ3v) is 3.90. The second kappa shape index (κ2) is 5.32. The van der Waals surface area contributed by atoms with Gasteiger partial charge in [0.1, 0.15) is 6.20 Å². The van der Waals surface area contributed by atoms with Crippen molar-refractivity contribution in [2.45, 2.75) is 33.2 Å². The molecular weight excluding hydrogens is 296 g/mol. The molecule has 0 amide bonds. The topological polar surface area (TPSA) is 110 Å². The van der Waals surface area contributed by atoms with Crippen LogP contribution in [0.1, 0.15) is 27.2 Å². The van der Waals surface area contributed by atoms with Gasteiger partial charge >= 0.3 is 11.8 Å². The number of rotatable bonds is 5. The van der Waals surface area contributed by atoms with E-state index in [4.69, 9.17) is 5.11 Å². The third-order valence-electron chi connectivity index (χ3n) is 3.14. The Morgan fingerprint density at radius 3 is 2.81 bits per heavy atom. The van der Waals surface area contributed by atoms with Gasteiger partial charge < -0.3 is 20.5 Å². The number of hydrogen-bond acceptors (Lipinski definition) is 6. The van der Waals surface area contributed by atoms with Crippen LogP contribution in [0.2, 0.25) is 0 Å². The molecule has 0 aliphatic rings. The predicted octanol–water partition coefficient (Wildman–Crippen LogP) is 2.61. The summed E-state index contributed by atoms with van der Waals surface area (Å²) in [6, 6.07) is -0.474. The normalized spacial score (nSPS) is 13.3. The smallest absolute Gasteiger partial charge is 0.372 e. The third kappa shape index (κ3) is 3.13. The Labute approximate surface area is 124 Å². The van der Waals surface area contributed by atoms with Crippen molar-refractivity contribution in [3.63, 3.8) is 0 Å². The fourth-order valence-corrected chi connectivity index (χ4v) is 2.67. The molecule has 0 saturated carbocycles. The maximum atomic E-state index is 11.2. The minimum Gasteiger partial charge on any atom is -0.481 e. The number of carboxylic acid groups (broad SMARTS) is 1. The molecule has 0 fully saturated rings. The molecule has 8 nitrogen and oxygen atoms in total. The summed E-state index contributed by atoms with van der Waals surface area (Å²) < 4.78 is 1.38. The molecule has 9 heteroatoms. The van der Waals surface area contributed by atoms with Crippen LogP contribution in [0.25, 0.3) is 4.96 Å². The molecule has 21 heavy (non-hydrogen) atoms. The van der Waals surface area contributed by atoms with Crippen LogP contribution < -0.4 is 5.32 Å². The number of thiazole rings is 1. The highest BCUT2D eigenvalue weighted by molar-refractivity contribution is 7.15. The zero-order valence-corrected chi connectivity index (χ0v) is 12.7. The number of anilines is 1. The van der Waals surface area contributed by atoms with E-state index >= 15 is 0 Å².